The molecule has 2 N–H and O–H groups in total. The number of benzene rings is 1. The Morgan fingerprint density at radius 3 is 2.63 bits per heavy atom. The molecule has 0 saturated heterocycles. The molecular formula is C21H22N4O3S2. The summed E-state index contributed by atoms with van der Waals surface area (Å²) >= 11 is 2.96. The molecule has 0 aliphatic carbocycles. The van der Waals surface area contributed by atoms with Crippen LogP contribution in [-0.2, 0) is 15.3 Å². The highest BCUT2D eigenvalue weighted by atomic mass is 32.2. The normalized spacial score (nSPS) is 11.7. The second-order valence-electron chi connectivity index (χ2n) is 6.49. The van der Waals surface area contributed by atoms with Crippen molar-refractivity contribution in [3.8, 4) is 0 Å². The van der Waals surface area contributed by atoms with Gasteiger partial charge in [0.05, 0.1) is 11.0 Å². The van der Waals surface area contributed by atoms with Gasteiger partial charge in [0.2, 0.25) is 11.8 Å². The maximum absolute atomic E-state index is 12.2. The molecule has 2 aromatic heterocycles. The first-order valence-corrected chi connectivity index (χ1v) is 11.3. The van der Waals surface area contributed by atoms with Crippen LogP contribution in [0.1, 0.15) is 18.2 Å². The smallest absolute Gasteiger partial charge is 0.238 e. The fraction of sp³-hybridized carbons (Fsp3) is 0.238. The zero-order chi connectivity index (χ0) is 21.3. The Kier molecular flexibility index (Phi) is 7.92. The number of rotatable bonds is 9. The number of hydrogen-bond acceptors (Lipinski definition) is 7. The van der Waals surface area contributed by atoms with Crippen molar-refractivity contribution in [1.29, 1.82) is 0 Å². The Labute approximate surface area is 183 Å². The van der Waals surface area contributed by atoms with Gasteiger partial charge in [0.15, 0.2) is 5.82 Å². The van der Waals surface area contributed by atoms with Crippen LogP contribution >= 0.6 is 23.5 Å². The standard InChI is InChI=1S/C21H22N4O3S2/c1-14-10-19(25-28-14)24-21(27)15(2)29-13-20(26)23-17-5-7-18(8-6-17)30-12-16-4-3-9-22-11-16/h3-11,15H,12-13H2,1-2H3,(H,23,26)(H,24,25,27). The van der Waals surface area contributed by atoms with Crippen LogP contribution in [0.2, 0.25) is 0 Å². The maximum Gasteiger partial charge on any atom is 0.238 e. The summed E-state index contributed by atoms with van der Waals surface area (Å²) in [4.78, 5) is 29.6. The molecule has 1 atom stereocenters. The first-order valence-electron chi connectivity index (χ1n) is 9.27. The average molecular weight is 443 g/mol. The molecule has 156 valence electrons. The highest BCUT2D eigenvalue weighted by Gasteiger charge is 2.17. The maximum atomic E-state index is 12.2. The number of carbonyl (C=O) groups is 2. The Hall–Kier alpha value is -2.78. The van der Waals surface area contributed by atoms with Gasteiger partial charge in [-0.25, -0.2) is 0 Å². The number of pyridine rings is 1. The summed E-state index contributed by atoms with van der Waals surface area (Å²) in [6.07, 6.45) is 3.61. The molecule has 7 nitrogen and oxygen atoms in total. The molecule has 1 aromatic carbocycles. The number of anilines is 2. The fourth-order valence-corrected chi connectivity index (χ4v) is 3.93. The molecule has 3 rings (SSSR count). The molecule has 0 bridgehead atoms. The SMILES string of the molecule is Cc1cc(NC(=O)C(C)SCC(=O)Nc2ccc(SCc3cccnc3)cc2)no1. The first kappa shape index (κ1) is 21.9. The average Bonchev–Trinajstić information content (AvgIpc) is 3.16. The number of hydrogen-bond donors (Lipinski definition) is 2. The molecule has 0 aliphatic rings. The van der Waals surface area contributed by atoms with Gasteiger partial charge in [0.25, 0.3) is 0 Å². The summed E-state index contributed by atoms with van der Waals surface area (Å²) in [6, 6.07) is 13.3. The zero-order valence-corrected chi connectivity index (χ0v) is 18.3. The van der Waals surface area contributed by atoms with Gasteiger partial charge < -0.3 is 15.2 Å². The van der Waals surface area contributed by atoms with E-state index in [4.69, 9.17) is 4.52 Å². The van der Waals surface area contributed by atoms with Gasteiger partial charge in [0.1, 0.15) is 5.76 Å². The zero-order valence-electron chi connectivity index (χ0n) is 16.6. The lowest BCUT2D eigenvalue weighted by Gasteiger charge is -2.11. The molecule has 9 heteroatoms. The van der Waals surface area contributed by atoms with E-state index in [2.05, 4.69) is 20.8 Å². The highest BCUT2D eigenvalue weighted by molar-refractivity contribution is 8.01. The van der Waals surface area contributed by atoms with Gasteiger partial charge in [-0.15, -0.1) is 23.5 Å². The molecule has 0 aliphatic heterocycles. The molecule has 2 amide bonds. The Bertz CT molecular complexity index is 977. The van der Waals surface area contributed by atoms with Crippen LogP contribution in [0, 0.1) is 6.92 Å². The Morgan fingerprint density at radius 2 is 1.97 bits per heavy atom. The summed E-state index contributed by atoms with van der Waals surface area (Å²) < 4.78 is 4.92. The van der Waals surface area contributed by atoms with Crippen LogP contribution in [0.4, 0.5) is 11.5 Å². The number of carbonyl (C=O) groups excluding carboxylic acids is 2. The van der Waals surface area contributed by atoms with Gasteiger partial charge >= 0.3 is 0 Å². The van der Waals surface area contributed by atoms with Gasteiger partial charge in [-0.2, -0.15) is 0 Å². The van der Waals surface area contributed by atoms with Crippen molar-refractivity contribution in [3.05, 3.63) is 66.2 Å². The Morgan fingerprint density at radius 1 is 1.17 bits per heavy atom. The molecule has 1 unspecified atom stereocenters. The number of aromatic nitrogens is 2. The molecule has 2 heterocycles. The van der Waals surface area contributed by atoms with Crippen molar-refractivity contribution in [2.45, 2.75) is 29.7 Å². The lowest BCUT2D eigenvalue weighted by molar-refractivity contribution is -0.115. The van der Waals surface area contributed by atoms with Gasteiger partial charge in [-0.05, 0) is 49.7 Å². The molecule has 0 saturated carbocycles. The van der Waals surface area contributed by atoms with Crippen LogP contribution < -0.4 is 10.6 Å². The third-order valence-corrected chi connectivity index (χ3v) is 6.21. The predicted molar refractivity (Wildman–Crippen MR) is 121 cm³/mol. The van der Waals surface area contributed by atoms with Crippen molar-refractivity contribution < 1.29 is 14.1 Å². The largest absolute Gasteiger partial charge is 0.360 e. The van der Waals surface area contributed by atoms with Crippen LogP contribution in [0.15, 0.2) is 64.3 Å². The molecule has 0 radical (unpaired) electrons. The van der Waals surface area contributed by atoms with E-state index in [0.29, 0.717) is 11.6 Å². The summed E-state index contributed by atoms with van der Waals surface area (Å²) in [5.74, 6) is 1.61. The van der Waals surface area contributed by atoms with Crippen molar-refractivity contribution in [1.82, 2.24) is 10.1 Å². The minimum absolute atomic E-state index is 0.160. The molecule has 3 aromatic rings. The van der Waals surface area contributed by atoms with Crippen LogP contribution in [-0.4, -0.2) is 33.0 Å². The second-order valence-corrected chi connectivity index (χ2v) is 8.87. The van der Waals surface area contributed by atoms with E-state index < -0.39 is 5.25 Å². The number of thioether (sulfide) groups is 2. The van der Waals surface area contributed by atoms with Crippen molar-refractivity contribution in [3.63, 3.8) is 0 Å². The van der Waals surface area contributed by atoms with Crippen LogP contribution in [0.5, 0.6) is 0 Å². The third kappa shape index (κ3) is 6.93. The first-order chi connectivity index (χ1) is 14.5. The highest BCUT2D eigenvalue weighted by Crippen LogP contribution is 2.24. The molecule has 0 spiro atoms. The van der Waals surface area contributed by atoms with E-state index in [1.54, 1.807) is 37.9 Å². The van der Waals surface area contributed by atoms with E-state index in [-0.39, 0.29) is 17.6 Å². The summed E-state index contributed by atoms with van der Waals surface area (Å²) in [5.41, 5.74) is 1.88. The third-order valence-electron chi connectivity index (χ3n) is 3.98. The van der Waals surface area contributed by atoms with Crippen molar-refractivity contribution >= 4 is 46.8 Å². The number of nitrogens with one attached hydrogen (secondary N) is 2. The Balaban J connectivity index is 1.40. The minimum Gasteiger partial charge on any atom is -0.360 e. The van der Waals surface area contributed by atoms with Gasteiger partial charge in [0, 0.05) is 34.8 Å². The van der Waals surface area contributed by atoms with Crippen LogP contribution in [0.3, 0.4) is 0 Å². The van der Waals surface area contributed by atoms with Gasteiger partial charge in [-0.3, -0.25) is 14.6 Å². The quantitative estimate of drug-likeness (QED) is 0.475. The molecular weight excluding hydrogens is 420 g/mol. The van der Waals surface area contributed by atoms with E-state index in [1.807, 2.05) is 42.6 Å². The van der Waals surface area contributed by atoms with Crippen LogP contribution in [0.25, 0.3) is 0 Å². The predicted octanol–water partition coefficient (Wildman–Crippen LogP) is 4.37. The summed E-state index contributed by atoms with van der Waals surface area (Å²) in [5, 5.41) is 8.84. The van der Waals surface area contributed by atoms with Gasteiger partial charge in [-0.1, -0.05) is 11.2 Å². The van der Waals surface area contributed by atoms with E-state index in [1.165, 1.54) is 11.8 Å². The molecule has 30 heavy (non-hydrogen) atoms. The number of aryl methyl sites for hydroxylation is 1. The fourth-order valence-electron chi connectivity index (χ4n) is 2.41. The van der Waals surface area contributed by atoms with E-state index in [0.717, 1.165) is 21.9 Å². The van der Waals surface area contributed by atoms with E-state index in [9.17, 15) is 9.59 Å². The summed E-state index contributed by atoms with van der Waals surface area (Å²) in [6.45, 7) is 3.49. The summed E-state index contributed by atoms with van der Waals surface area (Å²) in [7, 11) is 0. The monoisotopic (exact) mass is 442 g/mol. The number of amides is 2. The van der Waals surface area contributed by atoms with Crippen molar-refractivity contribution in [2.24, 2.45) is 0 Å². The number of nitrogens with zero attached hydrogens (tertiary/aromatic N) is 2. The second kappa shape index (κ2) is 10.8. The van der Waals surface area contributed by atoms with Crippen molar-refractivity contribution in [2.75, 3.05) is 16.4 Å². The topological polar surface area (TPSA) is 97.1 Å². The molecule has 0 fully saturated rings. The lowest BCUT2D eigenvalue weighted by Crippen LogP contribution is -2.25. The minimum atomic E-state index is -0.404. The lowest BCUT2D eigenvalue weighted by atomic mass is 10.3. The van der Waals surface area contributed by atoms with E-state index >= 15 is 0 Å².